The first-order chi connectivity index (χ1) is 10.0. The van der Waals surface area contributed by atoms with Gasteiger partial charge in [-0.2, -0.15) is 0 Å². The fourth-order valence-corrected chi connectivity index (χ4v) is 3.13. The summed E-state index contributed by atoms with van der Waals surface area (Å²) in [5, 5.41) is 6.30. The molecule has 2 rings (SSSR count). The second-order valence-corrected chi connectivity index (χ2v) is 6.29. The number of amides is 1. The molecule has 21 heavy (non-hydrogen) atoms. The summed E-state index contributed by atoms with van der Waals surface area (Å²) in [6.07, 6.45) is 5.00. The van der Waals surface area contributed by atoms with Crippen LogP contribution in [0.3, 0.4) is 0 Å². The highest BCUT2D eigenvalue weighted by Crippen LogP contribution is 2.32. The van der Waals surface area contributed by atoms with Gasteiger partial charge in [-0.1, -0.05) is 31.0 Å². The van der Waals surface area contributed by atoms with Gasteiger partial charge in [-0.05, 0) is 45.5 Å². The number of nitrogens with one attached hydrogen (secondary N) is 2. The highest BCUT2D eigenvalue weighted by atomic mass is 16.1. The van der Waals surface area contributed by atoms with Crippen LogP contribution in [-0.4, -0.2) is 43.5 Å². The standard InChI is InChI=1S/C17H27N3O/c1-14-8-4-5-9-15(14)19-16(21)12-18-13-17(20(2)3)10-6-7-11-17/h4-5,8-9,18H,6-7,10-13H2,1-3H3,(H,19,21). The van der Waals surface area contributed by atoms with Crippen LogP contribution in [-0.2, 0) is 4.79 Å². The van der Waals surface area contributed by atoms with Crippen molar-refractivity contribution in [3.63, 3.8) is 0 Å². The highest BCUT2D eigenvalue weighted by Gasteiger charge is 2.35. The van der Waals surface area contributed by atoms with E-state index in [1.165, 1.54) is 25.7 Å². The minimum absolute atomic E-state index is 0.0243. The third-order valence-electron chi connectivity index (χ3n) is 4.64. The van der Waals surface area contributed by atoms with E-state index in [2.05, 4.69) is 29.6 Å². The van der Waals surface area contributed by atoms with Gasteiger partial charge >= 0.3 is 0 Å². The molecule has 0 unspecified atom stereocenters. The fraction of sp³-hybridized carbons (Fsp3) is 0.588. The van der Waals surface area contributed by atoms with E-state index in [-0.39, 0.29) is 11.4 Å². The fourth-order valence-electron chi connectivity index (χ4n) is 3.13. The molecule has 0 heterocycles. The first kappa shape index (κ1) is 16.0. The maximum absolute atomic E-state index is 12.0. The van der Waals surface area contributed by atoms with E-state index in [0.29, 0.717) is 6.54 Å². The highest BCUT2D eigenvalue weighted by molar-refractivity contribution is 5.92. The summed E-state index contributed by atoms with van der Waals surface area (Å²) in [4.78, 5) is 14.3. The van der Waals surface area contributed by atoms with Crippen LogP contribution in [0.5, 0.6) is 0 Å². The molecule has 1 amide bonds. The predicted molar refractivity (Wildman–Crippen MR) is 87.6 cm³/mol. The van der Waals surface area contributed by atoms with Crippen molar-refractivity contribution in [2.24, 2.45) is 0 Å². The van der Waals surface area contributed by atoms with Gasteiger partial charge in [0.1, 0.15) is 0 Å². The Bertz CT molecular complexity index is 479. The first-order valence-electron chi connectivity index (χ1n) is 7.77. The molecule has 2 N–H and O–H groups in total. The Hall–Kier alpha value is -1.39. The SMILES string of the molecule is Cc1ccccc1NC(=O)CNCC1(N(C)C)CCCC1. The molecule has 0 radical (unpaired) electrons. The molecule has 1 saturated carbocycles. The van der Waals surface area contributed by atoms with Crippen molar-refractivity contribution in [3.8, 4) is 0 Å². The molecule has 0 aliphatic heterocycles. The molecule has 1 aromatic rings. The van der Waals surface area contributed by atoms with Crippen LogP contribution in [0.15, 0.2) is 24.3 Å². The van der Waals surface area contributed by atoms with Gasteiger partial charge in [0, 0.05) is 17.8 Å². The Balaban J connectivity index is 1.80. The number of rotatable bonds is 6. The minimum Gasteiger partial charge on any atom is -0.325 e. The third kappa shape index (κ3) is 4.05. The number of likely N-dealkylation sites (N-methyl/N-ethyl adjacent to an activating group) is 1. The molecule has 116 valence electrons. The molecule has 1 aliphatic rings. The summed E-state index contributed by atoms with van der Waals surface area (Å²) in [7, 11) is 4.28. The topological polar surface area (TPSA) is 44.4 Å². The van der Waals surface area contributed by atoms with E-state index in [1.807, 2.05) is 31.2 Å². The number of aryl methyl sites for hydroxylation is 1. The first-order valence-corrected chi connectivity index (χ1v) is 7.77. The zero-order chi connectivity index (χ0) is 15.3. The van der Waals surface area contributed by atoms with Crippen molar-refractivity contribution < 1.29 is 4.79 Å². The molecular formula is C17H27N3O. The molecule has 1 aliphatic carbocycles. The van der Waals surface area contributed by atoms with Gasteiger partial charge in [0.05, 0.1) is 6.54 Å². The number of hydrogen-bond acceptors (Lipinski definition) is 3. The van der Waals surface area contributed by atoms with E-state index < -0.39 is 0 Å². The van der Waals surface area contributed by atoms with Crippen LogP contribution in [0.25, 0.3) is 0 Å². The van der Waals surface area contributed by atoms with Crippen LogP contribution < -0.4 is 10.6 Å². The lowest BCUT2D eigenvalue weighted by molar-refractivity contribution is -0.115. The number of nitrogens with zero attached hydrogens (tertiary/aromatic N) is 1. The number of para-hydroxylation sites is 1. The Morgan fingerprint density at radius 2 is 1.90 bits per heavy atom. The lowest BCUT2D eigenvalue weighted by Gasteiger charge is -2.36. The molecule has 4 heteroatoms. The Morgan fingerprint density at radius 1 is 1.24 bits per heavy atom. The van der Waals surface area contributed by atoms with Crippen molar-refractivity contribution in [1.82, 2.24) is 10.2 Å². The van der Waals surface area contributed by atoms with E-state index >= 15 is 0 Å². The molecule has 1 fully saturated rings. The van der Waals surface area contributed by atoms with Crippen LogP contribution in [0.4, 0.5) is 5.69 Å². The van der Waals surface area contributed by atoms with Crippen LogP contribution in [0, 0.1) is 6.92 Å². The van der Waals surface area contributed by atoms with Crippen molar-refractivity contribution >= 4 is 11.6 Å². The van der Waals surface area contributed by atoms with Crippen molar-refractivity contribution in [2.45, 2.75) is 38.1 Å². The number of carbonyl (C=O) groups excluding carboxylic acids is 1. The second kappa shape index (κ2) is 7.05. The summed E-state index contributed by atoms with van der Waals surface area (Å²) in [5.41, 5.74) is 2.21. The van der Waals surface area contributed by atoms with E-state index in [1.54, 1.807) is 0 Å². The maximum Gasteiger partial charge on any atom is 0.238 e. The van der Waals surface area contributed by atoms with Crippen LogP contribution in [0.2, 0.25) is 0 Å². The number of carbonyl (C=O) groups is 1. The summed E-state index contributed by atoms with van der Waals surface area (Å²) in [5.74, 6) is 0.0243. The molecule has 4 nitrogen and oxygen atoms in total. The Morgan fingerprint density at radius 3 is 2.52 bits per heavy atom. The zero-order valence-corrected chi connectivity index (χ0v) is 13.4. The molecular weight excluding hydrogens is 262 g/mol. The maximum atomic E-state index is 12.0. The molecule has 0 saturated heterocycles. The van der Waals surface area contributed by atoms with Crippen LogP contribution >= 0.6 is 0 Å². The summed E-state index contributed by atoms with van der Waals surface area (Å²) >= 11 is 0. The second-order valence-electron chi connectivity index (χ2n) is 6.29. The monoisotopic (exact) mass is 289 g/mol. The smallest absolute Gasteiger partial charge is 0.238 e. The van der Waals surface area contributed by atoms with Gasteiger partial charge < -0.3 is 15.5 Å². The molecule has 0 spiro atoms. The van der Waals surface area contributed by atoms with Gasteiger partial charge in [0.2, 0.25) is 5.91 Å². The van der Waals surface area contributed by atoms with Gasteiger partial charge in [-0.15, -0.1) is 0 Å². The molecule has 1 aromatic carbocycles. The largest absolute Gasteiger partial charge is 0.325 e. The minimum atomic E-state index is 0.0243. The number of hydrogen-bond donors (Lipinski definition) is 2. The summed E-state index contributed by atoms with van der Waals surface area (Å²) in [6.45, 7) is 3.24. The zero-order valence-electron chi connectivity index (χ0n) is 13.4. The van der Waals surface area contributed by atoms with Crippen molar-refractivity contribution in [3.05, 3.63) is 29.8 Å². The number of benzene rings is 1. The summed E-state index contributed by atoms with van der Waals surface area (Å²) < 4.78 is 0. The third-order valence-corrected chi connectivity index (χ3v) is 4.64. The predicted octanol–water partition coefficient (Wildman–Crippen LogP) is 2.40. The molecule has 0 atom stereocenters. The van der Waals surface area contributed by atoms with Gasteiger partial charge in [-0.3, -0.25) is 4.79 Å². The summed E-state index contributed by atoms with van der Waals surface area (Å²) in [6, 6.07) is 7.86. The lowest BCUT2D eigenvalue weighted by atomic mass is 9.96. The van der Waals surface area contributed by atoms with Gasteiger partial charge in [-0.25, -0.2) is 0 Å². The van der Waals surface area contributed by atoms with E-state index in [4.69, 9.17) is 0 Å². The molecule has 0 aromatic heterocycles. The van der Waals surface area contributed by atoms with Crippen molar-refractivity contribution in [1.29, 1.82) is 0 Å². The Kier molecular flexibility index (Phi) is 5.37. The van der Waals surface area contributed by atoms with E-state index in [9.17, 15) is 4.79 Å². The average molecular weight is 289 g/mol. The number of anilines is 1. The van der Waals surface area contributed by atoms with Crippen molar-refractivity contribution in [2.75, 3.05) is 32.5 Å². The quantitative estimate of drug-likeness (QED) is 0.845. The Labute approximate surface area is 127 Å². The van der Waals surface area contributed by atoms with E-state index in [0.717, 1.165) is 17.8 Å². The average Bonchev–Trinajstić information content (AvgIpc) is 2.91. The van der Waals surface area contributed by atoms with Crippen LogP contribution in [0.1, 0.15) is 31.2 Å². The molecule has 0 bridgehead atoms. The normalized spacial score (nSPS) is 17.1. The van der Waals surface area contributed by atoms with Gasteiger partial charge in [0.15, 0.2) is 0 Å². The lowest BCUT2D eigenvalue weighted by Crippen LogP contribution is -2.50. The van der Waals surface area contributed by atoms with Gasteiger partial charge in [0.25, 0.3) is 0 Å².